The molecule has 6 nitrogen and oxygen atoms in total. The molecule has 3 rings (SSSR count). The van der Waals surface area contributed by atoms with Crippen molar-refractivity contribution in [2.75, 3.05) is 37.6 Å². The zero-order chi connectivity index (χ0) is 17.5. The molecule has 0 aromatic carbocycles. The third-order valence-corrected chi connectivity index (χ3v) is 4.87. The van der Waals surface area contributed by atoms with Gasteiger partial charge in [-0.05, 0) is 44.2 Å². The maximum Gasteiger partial charge on any atom is 0.317 e. The molecule has 1 aliphatic heterocycles. The van der Waals surface area contributed by atoms with Crippen molar-refractivity contribution in [3.05, 3.63) is 35.5 Å². The smallest absolute Gasteiger partial charge is 0.317 e. The average molecular weight is 339 g/mol. The number of carbonyl (C=O) groups is 1. The Hall–Kier alpha value is -2.55. The van der Waals surface area contributed by atoms with Crippen LogP contribution in [0.5, 0.6) is 0 Å². The van der Waals surface area contributed by atoms with Crippen molar-refractivity contribution in [1.29, 1.82) is 5.26 Å². The van der Waals surface area contributed by atoms with Crippen molar-refractivity contribution < 1.29 is 4.79 Å². The summed E-state index contributed by atoms with van der Waals surface area (Å²) in [5.41, 5.74) is 2.10. The SMILES string of the molecule is N#Cc1ccnc(N2CCN(C(=O)NCCC3=CCCCC3)CC2)c1. The van der Waals surface area contributed by atoms with Gasteiger partial charge in [0.05, 0.1) is 11.6 Å². The monoisotopic (exact) mass is 339 g/mol. The third kappa shape index (κ3) is 4.72. The number of hydrogen-bond acceptors (Lipinski definition) is 4. The number of piperazine rings is 1. The van der Waals surface area contributed by atoms with Crippen LogP contribution >= 0.6 is 0 Å². The second-order valence-corrected chi connectivity index (χ2v) is 6.58. The Morgan fingerprint density at radius 1 is 1.28 bits per heavy atom. The lowest BCUT2D eigenvalue weighted by Crippen LogP contribution is -2.52. The molecule has 1 aliphatic carbocycles. The van der Waals surface area contributed by atoms with Gasteiger partial charge in [-0.2, -0.15) is 5.26 Å². The molecule has 2 amide bonds. The number of hydrogen-bond donors (Lipinski definition) is 1. The molecule has 0 spiro atoms. The first-order valence-corrected chi connectivity index (χ1v) is 9.08. The Kier molecular flexibility index (Phi) is 5.89. The highest BCUT2D eigenvalue weighted by atomic mass is 16.2. The molecule has 0 radical (unpaired) electrons. The van der Waals surface area contributed by atoms with Crippen LogP contribution in [-0.4, -0.2) is 48.6 Å². The molecule has 2 heterocycles. The van der Waals surface area contributed by atoms with Crippen molar-refractivity contribution in [2.45, 2.75) is 32.1 Å². The summed E-state index contributed by atoms with van der Waals surface area (Å²) in [6.07, 6.45) is 9.91. The third-order valence-electron chi connectivity index (χ3n) is 4.87. The number of pyridine rings is 1. The van der Waals surface area contributed by atoms with Gasteiger partial charge in [0, 0.05) is 38.9 Å². The van der Waals surface area contributed by atoms with Crippen molar-refractivity contribution in [2.24, 2.45) is 0 Å². The lowest BCUT2D eigenvalue weighted by molar-refractivity contribution is 0.194. The molecule has 1 fully saturated rings. The van der Waals surface area contributed by atoms with Gasteiger partial charge < -0.3 is 15.1 Å². The number of nitriles is 1. The first-order valence-electron chi connectivity index (χ1n) is 9.08. The Bertz CT molecular complexity index is 671. The highest BCUT2D eigenvalue weighted by molar-refractivity contribution is 5.74. The molecular weight excluding hydrogens is 314 g/mol. The number of anilines is 1. The van der Waals surface area contributed by atoms with Gasteiger partial charge in [-0.1, -0.05) is 11.6 Å². The van der Waals surface area contributed by atoms with Gasteiger partial charge in [0.2, 0.25) is 0 Å². The van der Waals surface area contributed by atoms with Gasteiger partial charge in [-0.15, -0.1) is 0 Å². The maximum absolute atomic E-state index is 12.3. The maximum atomic E-state index is 12.3. The highest BCUT2D eigenvalue weighted by Crippen LogP contribution is 2.19. The van der Waals surface area contributed by atoms with E-state index in [4.69, 9.17) is 5.26 Å². The summed E-state index contributed by atoms with van der Waals surface area (Å²) >= 11 is 0. The molecule has 25 heavy (non-hydrogen) atoms. The molecule has 1 N–H and O–H groups in total. The summed E-state index contributed by atoms with van der Waals surface area (Å²) < 4.78 is 0. The Balaban J connectivity index is 1.42. The van der Waals surface area contributed by atoms with Crippen LogP contribution in [0.25, 0.3) is 0 Å². The van der Waals surface area contributed by atoms with Crippen LogP contribution < -0.4 is 10.2 Å². The molecule has 0 atom stereocenters. The molecule has 2 aliphatic rings. The Morgan fingerprint density at radius 3 is 2.84 bits per heavy atom. The van der Waals surface area contributed by atoms with Crippen molar-refractivity contribution in [3.63, 3.8) is 0 Å². The number of nitrogens with zero attached hydrogens (tertiary/aromatic N) is 4. The number of nitrogens with one attached hydrogen (secondary N) is 1. The lowest BCUT2D eigenvalue weighted by atomic mass is 9.97. The summed E-state index contributed by atoms with van der Waals surface area (Å²) in [7, 11) is 0. The number of allylic oxidation sites excluding steroid dienone is 1. The predicted molar refractivity (Wildman–Crippen MR) is 97.3 cm³/mol. The van der Waals surface area contributed by atoms with Crippen LogP contribution in [0.4, 0.5) is 10.6 Å². The van der Waals surface area contributed by atoms with Crippen LogP contribution in [-0.2, 0) is 0 Å². The summed E-state index contributed by atoms with van der Waals surface area (Å²) in [6, 6.07) is 5.66. The van der Waals surface area contributed by atoms with E-state index < -0.39 is 0 Å². The summed E-state index contributed by atoms with van der Waals surface area (Å²) in [4.78, 5) is 20.6. The van der Waals surface area contributed by atoms with Gasteiger partial charge in [0.15, 0.2) is 0 Å². The van der Waals surface area contributed by atoms with Crippen LogP contribution in [0.1, 0.15) is 37.7 Å². The number of aromatic nitrogens is 1. The molecular formula is C19H25N5O. The zero-order valence-electron chi connectivity index (χ0n) is 14.6. The molecule has 1 saturated heterocycles. The number of amides is 2. The average Bonchev–Trinajstić information content (AvgIpc) is 2.69. The van der Waals surface area contributed by atoms with Crippen molar-refractivity contribution in [1.82, 2.24) is 15.2 Å². The fraction of sp³-hybridized carbons (Fsp3) is 0.526. The fourth-order valence-electron chi connectivity index (χ4n) is 3.37. The van der Waals surface area contributed by atoms with Crippen molar-refractivity contribution in [3.8, 4) is 6.07 Å². The normalized spacial score (nSPS) is 17.6. The summed E-state index contributed by atoms with van der Waals surface area (Å²) in [5.74, 6) is 0.809. The van der Waals surface area contributed by atoms with Crippen LogP contribution in [0.3, 0.4) is 0 Å². The van der Waals surface area contributed by atoms with Crippen LogP contribution in [0.2, 0.25) is 0 Å². The van der Waals surface area contributed by atoms with E-state index in [0.717, 1.165) is 31.9 Å². The predicted octanol–water partition coefficient (Wildman–Crippen LogP) is 2.68. The molecule has 1 aromatic rings. The van der Waals surface area contributed by atoms with Gasteiger partial charge in [0.1, 0.15) is 5.82 Å². The van der Waals surface area contributed by atoms with E-state index in [9.17, 15) is 4.79 Å². The van der Waals surface area contributed by atoms with E-state index in [2.05, 4.69) is 27.3 Å². The van der Waals surface area contributed by atoms with Gasteiger partial charge >= 0.3 is 6.03 Å². The quantitative estimate of drug-likeness (QED) is 0.856. The molecule has 0 bridgehead atoms. The van der Waals surface area contributed by atoms with E-state index in [0.29, 0.717) is 18.7 Å². The van der Waals surface area contributed by atoms with E-state index >= 15 is 0 Å². The number of urea groups is 1. The largest absolute Gasteiger partial charge is 0.353 e. The summed E-state index contributed by atoms with van der Waals surface area (Å²) in [6.45, 7) is 3.54. The van der Waals surface area contributed by atoms with Gasteiger partial charge in [-0.25, -0.2) is 9.78 Å². The topological polar surface area (TPSA) is 72.3 Å². The Morgan fingerprint density at radius 2 is 2.12 bits per heavy atom. The highest BCUT2D eigenvalue weighted by Gasteiger charge is 2.21. The second-order valence-electron chi connectivity index (χ2n) is 6.58. The first kappa shape index (κ1) is 17.3. The molecule has 1 aromatic heterocycles. The second kappa shape index (κ2) is 8.52. The number of carbonyl (C=O) groups excluding carboxylic acids is 1. The van der Waals surface area contributed by atoms with Crippen LogP contribution in [0.15, 0.2) is 30.0 Å². The van der Waals surface area contributed by atoms with E-state index in [1.165, 1.54) is 31.3 Å². The van der Waals surface area contributed by atoms with E-state index in [1.807, 2.05) is 4.90 Å². The Labute approximate surface area is 149 Å². The van der Waals surface area contributed by atoms with Gasteiger partial charge in [0.25, 0.3) is 0 Å². The fourth-order valence-corrected chi connectivity index (χ4v) is 3.37. The minimum absolute atomic E-state index is 0.0230. The van der Waals surface area contributed by atoms with Crippen molar-refractivity contribution >= 4 is 11.8 Å². The lowest BCUT2D eigenvalue weighted by Gasteiger charge is -2.35. The molecule has 6 heteroatoms. The summed E-state index contributed by atoms with van der Waals surface area (Å²) in [5, 5.41) is 12.0. The molecule has 0 saturated carbocycles. The zero-order valence-corrected chi connectivity index (χ0v) is 14.6. The standard InChI is InChI=1S/C19H25N5O/c20-15-17-7-8-21-18(14-17)23-10-12-24(13-11-23)19(25)22-9-6-16-4-2-1-3-5-16/h4,7-8,14H,1-3,5-6,9-13H2,(H,22,25). The first-order chi connectivity index (χ1) is 12.3. The molecule has 132 valence electrons. The van der Waals surface area contributed by atoms with Gasteiger partial charge in [-0.3, -0.25) is 0 Å². The van der Waals surface area contributed by atoms with E-state index in [-0.39, 0.29) is 6.03 Å². The van der Waals surface area contributed by atoms with E-state index in [1.54, 1.807) is 18.3 Å². The minimum atomic E-state index is 0.0230. The minimum Gasteiger partial charge on any atom is -0.353 e. The van der Waals surface area contributed by atoms with Crippen LogP contribution in [0, 0.1) is 11.3 Å². The number of rotatable bonds is 4. The molecule has 0 unspecified atom stereocenters.